The molecule has 21 heavy (non-hydrogen) atoms. The lowest BCUT2D eigenvalue weighted by Crippen LogP contribution is -2.40. The molecule has 112 valence electrons. The third kappa shape index (κ3) is 3.02. The molecule has 1 aliphatic heterocycles. The summed E-state index contributed by atoms with van der Waals surface area (Å²) in [7, 11) is 0. The summed E-state index contributed by atoms with van der Waals surface area (Å²) >= 11 is 0. The van der Waals surface area contributed by atoms with E-state index in [0.717, 1.165) is 25.9 Å². The Morgan fingerprint density at radius 1 is 1.38 bits per heavy atom. The second-order valence-electron chi connectivity index (χ2n) is 5.56. The number of nitrogens with one attached hydrogen (secondary N) is 1. The summed E-state index contributed by atoms with van der Waals surface area (Å²) in [5.74, 6) is 1.36. The van der Waals surface area contributed by atoms with Gasteiger partial charge in [0.15, 0.2) is 5.82 Å². The van der Waals surface area contributed by atoms with Crippen molar-refractivity contribution in [2.45, 2.75) is 25.8 Å². The van der Waals surface area contributed by atoms with Crippen LogP contribution < -0.4 is 10.6 Å². The first-order chi connectivity index (χ1) is 10.1. The number of hydrogen-bond acceptors (Lipinski definition) is 5. The van der Waals surface area contributed by atoms with Gasteiger partial charge in [-0.25, -0.2) is 4.39 Å². The Bertz CT molecular complexity index is 603. The first-order valence-corrected chi connectivity index (χ1v) is 7.17. The lowest BCUT2D eigenvalue weighted by atomic mass is 9.91. The third-order valence-corrected chi connectivity index (χ3v) is 4.02. The van der Waals surface area contributed by atoms with Gasteiger partial charge in [0, 0.05) is 30.9 Å². The number of nitrogens with zero attached hydrogens (tertiary/aromatic N) is 4. The highest BCUT2D eigenvalue weighted by molar-refractivity contribution is 5.54. The Morgan fingerprint density at radius 2 is 2.14 bits per heavy atom. The highest BCUT2D eigenvalue weighted by Gasteiger charge is 2.24. The summed E-state index contributed by atoms with van der Waals surface area (Å²) in [5.41, 5.74) is 6.54. The van der Waals surface area contributed by atoms with Gasteiger partial charge in [0.05, 0.1) is 6.20 Å². The molecule has 1 saturated heterocycles. The molecule has 0 aliphatic carbocycles. The SMILES string of the molecule is CC(N)C1CCN(c2n[nH]c(-c3cncc(F)c3)n2)CC1. The second-order valence-corrected chi connectivity index (χ2v) is 5.56. The van der Waals surface area contributed by atoms with E-state index in [0.29, 0.717) is 23.3 Å². The van der Waals surface area contributed by atoms with E-state index in [-0.39, 0.29) is 11.9 Å². The van der Waals surface area contributed by atoms with Crippen molar-refractivity contribution in [3.8, 4) is 11.4 Å². The van der Waals surface area contributed by atoms with Crippen LogP contribution in [0.15, 0.2) is 18.5 Å². The number of piperidine rings is 1. The lowest BCUT2D eigenvalue weighted by molar-refractivity contribution is 0.352. The van der Waals surface area contributed by atoms with Crippen LogP contribution >= 0.6 is 0 Å². The minimum absolute atomic E-state index is 0.230. The fraction of sp³-hybridized carbons (Fsp3) is 0.500. The fourth-order valence-corrected chi connectivity index (χ4v) is 2.69. The van der Waals surface area contributed by atoms with E-state index >= 15 is 0 Å². The summed E-state index contributed by atoms with van der Waals surface area (Å²) in [6, 6.07) is 1.62. The molecule has 0 radical (unpaired) electrons. The number of rotatable bonds is 3. The quantitative estimate of drug-likeness (QED) is 0.896. The number of H-pyrrole nitrogens is 1. The van der Waals surface area contributed by atoms with Gasteiger partial charge in [0.2, 0.25) is 5.95 Å². The number of aromatic amines is 1. The molecule has 2 aromatic rings. The van der Waals surface area contributed by atoms with E-state index in [9.17, 15) is 4.39 Å². The maximum absolute atomic E-state index is 13.2. The van der Waals surface area contributed by atoms with Gasteiger partial charge in [-0.05, 0) is 31.7 Å². The minimum Gasteiger partial charge on any atom is -0.340 e. The van der Waals surface area contributed by atoms with E-state index in [2.05, 4.69) is 32.0 Å². The molecule has 3 N–H and O–H groups in total. The molecule has 1 unspecified atom stereocenters. The molecule has 7 heteroatoms. The number of nitrogens with two attached hydrogens (primary N) is 1. The molecule has 0 amide bonds. The largest absolute Gasteiger partial charge is 0.340 e. The molecule has 0 bridgehead atoms. The smallest absolute Gasteiger partial charge is 0.245 e. The molecule has 3 heterocycles. The lowest BCUT2D eigenvalue weighted by Gasteiger charge is -2.32. The van der Waals surface area contributed by atoms with Gasteiger partial charge in [-0.1, -0.05) is 0 Å². The van der Waals surface area contributed by atoms with Crippen molar-refractivity contribution < 1.29 is 4.39 Å². The van der Waals surface area contributed by atoms with Crippen LogP contribution in [0.2, 0.25) is 0 Å². The number of anilines is 1. The average molecular weight is 290 g/mol. The van der Waals surface area contributed by atoms with Crippen molar-refractivity contribution in [1.29, 1.82) is 0 Å². The fourth-order valence-electron chi connectivity index (χ4n) is 2.69. The molecule has 0 saturated carbocycles. The van der Waals surface area contributed by atoms with Crippen LogP contribution in [0.3, 0.4) is 0 Å². The van der Waals surface area contributed by atoms with Crippen molar-refractivity contribution >= 4 is 5.95 Å². The summed E-state index contributed by atoms with van der Waals surface area (Å²) in [5, 5.41) is 7.07. The van der Waals surface area contributed by atoms with E-state index in [1.165, 1.54) is 12.3 Å². The van der Waals surface area contributed by atoms with Gasteiger partial charge < -0.3 is 10.6 Å². The summed E-state index contributed by atoms with van der Waals surface area (Å²) in [6.45, 7) is 3.85. The first-order valence-electron chi connectivity index (χ1n) is 7.17. The van der Waals surface area contributed by atoms with Crippen LogP contribution in [0.4, 0.5) is 10.3 Å². The predicted molar refractivity (Wildman–Crippen MR) is 78.2 cm³/mol. The van der Waals surface area contributed by atoms with Crippen molar-refractivity contribution in [1.82, 2.24) is 20.2 Å². The van der Waals surface area contributed by atoms with E-state index in [1.807, 2.05) is 0 Å². The van der Waals surface area contributed by atoms with Gasteiger partial charge >= 0.3 is 0 Å². The van der Waals surface area contributed by atoms with Gasteiger partial charge in [-0.3, -0.25) is 10.1 Å². The zero-order chi connectivity index (χ0) is 14.8. The Balaban J connectivity index is 1.71. The number of pyridine rings is 1. The van der Waals surface area contributed by atoms with E-state index in [1.54, 1.807) is 6.20 Å². The summed E-state index contributed by atoms with van der Waals surface area (Å²) in [4.78, 5) is 10.4. The molecule has 2 aromatic heterocycles. The minimum atomic E-state index is -0.386. The van der Waals surface area contributed by atoms with E-state index in [4.69, 9.17) is 5.73 Å². The zero-order valence-corrected chi connectivity index (χ0v) is 12.0. The van der Waals surface area contributed by atoms with Crippen molar-refractivity contribution in [3.63, 3.8) is 0 Å². The van der Waals surface area contributed by atoms with Crippen LogP contribution in [-0.4, -0.2) is 39.3 Å². The van der Waals surface area contributed by atoms with Gasteiger partial charge in [-0.2, -0.15) is 4.98 Å². The molecule has 3 rings (SSSR count). The predicted octanol–water partition coefficient (Wildman–Crippen LogP) is 1.57. The number of aromatic nitrogens is 4. The first kappa shape index (κ1) is 13.9. The highest BCUT2D eigenvalue weighted by Crippen LogP contribution is 2.24. The Hall–Kier alpha value is -2.02. The summed E-state index contributed by atoms with van der Waals surface area (Å²) in [6.07, 6.45) is 4.82. The van der Waals surface area contributed by atoms with Crippen molar-refractivity contribution in [2.24, 2.45) is 11.7 Å². The standard InChI is InChI=1S/C14H19FN6/c1-9(16)10-2-4-21(5-3-10)14-18-13(19-20-14)11-6-12(15)8-17-7-11/h6-10H,2-5,16H2,1H3,(H,18,19,20). The van der Waals surface area contributed by atoms with Crippen molar-refractivity contribution in [2.75, 3.05) is 18.0 Å². The molecule has 1 aliphatic rings. The Morgan fingerprint density at radius 3 is 2.81 bits per heavy atom. The Kier molecular flexibility index (Phi) is 3.83. The zero-order valence-electron chi connectivity index (χ0n) is 12.0. The second kappa shape index (κ2) is 5.77. The van der Waals surface area contributed by atoms with Crippen molar-refractivity contribution in [3.05, 3.63) is 24.3 Å². The summed E-state index contributed by atoms with van der Waals surface area (Å²) < 4.78 is 13.2. The third-order valence-electron chi connectivity index (χ3n) is 4.02. The van der Waals surface area contributed by atoms with Gasteiger partial charge in [0.25, 0.3) is 0 Å². The maximum atomic E-state index is 13.2. The van der Waals surface area contributed by atoms with E-state index < -0.39 is 0 Å². The molecule has 0 spiro atoms. The monoisotopic (exact) mass is 290 g/mol. The molecule has 0 aromatic carbocycles. The molecule has 6 nitrogen and oxygen atoms in total. The molecular formula is C14H19FN6. The number of halogens is 1. The Labute approximate surface area is 122 Å². The molecular weight excluding hydrogens is 271 g/mol. The van der Waals surface area contributed by atoms with Crippen LogP contribution in [0.25, 0.3) is 11.4 Å². The van der Waals surface area contributed by atoms with Crippen LogP contribution in [-0.2, 0) is 0 Å². The van der Waals surface area contributed by atoms with Gasteiger partial charge in [0.1, 0.15) is 5.82 Å². The van der Waals surface area contributed by atoms with Crippen LogP contribution in [0.1, 0.15) is 19.8 Å². The van der Waals surface area contributed by atoms with Gasteiger partial charge in [-0.15, -0.1) is 5.10 Å². The van der Waals surface area contributed by atoms with Crippen LogP contribution in [0, 0.1) is 11.7 Å². The topological polar surface area (TPSA) is 83.7 Å². The maximum Gasteiger partial charge on any atom is 0.245 e. The molecule has 1 atom stereocenters. The highest BCUT2D eigenvalue weighted by atomic mass is 19.1. The van der Waals surface area contributed by atoms with Crippen LogP contribution in [0.5, 0.6) is 0 Å². The number of hydrogen-bond donors (Lipinski definition) is 2. The average Bonchev–Trinajstić information content (AvgIpc) is 2.97. The molecule has 1 fully saturated rings. The normalized spacial score (nSPS) is 18.0.